The van der Waals surface area contributed by atoms with Gasteiger partial charge < -0.3 is 8.98 Å². The first kappa shape index (κ1) is 36.0. The number of rotatable bonds is 6. The molecule has 0 saturated carbocycles. The second kappa shape index (κ2) is 14.5. The maximum atomic E-state index is 6.61. The molecule has 4 heterocycles. The van der Waals surface area contributed by atoms with Gasteiger partial charge in [-0.15, -0.1) is 0 Å². The highest BCUT2D eigenvalue weighted by molar-refractivity contribution is 6.27. The first-order chi connectivity index (χ1) is 31.7. The lowest BCUT2D eigenvalue weighted by molar-refractivity contribution is 0.669. The molecule has 13 rings (SSSR count). The minimum atomic E-state index is 0.654. The monoisotopic (exact) mass is 816 g/mol. The average molecular weight is 817 g/mol. The molecule has 9 aromatic carbocycles. The van der Waals surface area contributed by atoms with Crippen molar-refractivity contribution in [3.8, 4) is 62.0 Å². The van der Waals surface area contributed by atoms with Gasteiger partial charge in [0.25, 0.3) is 0 Å². The summed E-state index contributed by atoms with van der Waals surface area (Å²) in [5.41, 5.74) is 14.9. The Bertz CT molecular complexity index is 3870. The molecule has 0 unspecified atom stereocenters. The predicted octanol–water partition coefficient (Wildman–Crippen LogP) is 15.5. The van der Waals surface area contributed by atoms with Crippen LogP contribution in [-0.2, 0) is 0 Å². The van der Waals surface area contributed by atoms with Crippen molar-refractivity contribution in [2.75, 3.05) is 0 Å². The van der Waals surface area contributed by atoms with E-state index >= 15 is 0 Å². The van der Waals surface area contributed by atoms with Gasteiger partial charge in [0.1, 0.15) is 11.2 Å². The minimum absolute atomic E-state index is 0.654. The molecule has 0 aliphatic heterocycles. The van der Waals surface area contributed by atoms with E-state index in [0.29, 0.717) is 5.82 Å². The van der Waals surface area contributed by atoms with Crippen molar-refractivity contribution >= 4 is 65.4 Å². The fourth-order valence-electron chi connectivity index (χ4n) is 9.67. The number of aromatic nitrogens is 4. The normalized spacial score (nSPS) is 11.8. The molecule has 13 aromatic rings. The lowest BCUT2D eigenvalue weighted by Crippen LogP contribution is -1.97. The molecule has 5 nitrogen and oxygen atoms in total. The number of furan rings is 1. The molecule has 64 heavy (non-hydrogen) atoms. The highest BCUT2D eigenvalue weighted by atomic mass is 16.3. The molecule has 0 fully saturated rings. The SMILES string of the molecule is c1ccc(-c2cc(-c3ccc(-n4c5ccccc5c5ccccc54)cc3)nc(-c3ccc(-c4nc5ccccc5c5c(-c6ccccc6)c6c(cc45)oc4ccccc46)cc3)n2)cc1. The first-order valence-electron chi connectivity index (χ1n) is 21.6. The van der Waals surface area contributed by atoms with E-state index in [9.17, 15) is 0 Å². The minimum Gasteiger partial charge on any atom is -0.456 e. The average Bonchev–Trinajstić information content (AvgIpc) is 3.91. The van der Waals surface area contributed by atoms with Crippen LogP contribution in [0.15, 0.2) is 223 Å². The molecule has 0 bridgehead atoms. The molecular formula is C59H36N4O. The fourth-order valence-corrected chi connectivity index (χ4v) is 9.67. The zero-order valence-electron chi connectivity index (χ0n) is 34.5. The fraction of sp³-hybridized carbons (Fsp3) is 0. The molecule has 0 atom stereocenters. The van der Waals surface area contributed by atoms with E-state index in [2.05, 4.69) is 205 Å². The molecular weight excluding hydrogens is 781 g/mol. The Morgan fingerprint density at radius 1 is 0.344 bits per heavy atom. The first-order valence-corrected chi connectivity index (χ1v) is 21.6. The van der Waals surface area contributed by atoms with Gasteiger partial charge in [0, 0.05) is 71.2 Å². The van der Waals surface area contributed by atoms with Crippen LogP contribution in [0.25, 0.3) is 127 Å². The van der Waals surface area contributed by atoms with Gasteiger partial charge >= 0.3 is 0 Å². The summed E-state index contributed by atoms with van der Waals surface area (Å²) < 4.78 is 8.95. The maximum absolute atomic E-state index is 6.61. The molecule has 0 aliphatic rings. The summed E-state index contributed by atoms with van der Waals surface area (Å²) in [4.78, 5) is 15.8. The van der Waals surface area contributed by atoms with Crippen molar-refractivity contribution in [1.29, 1.82) is 0 Å². The zero-order valence-corrected chi connectivity index (χ0v) is 34.5. The second-order valence-corrected chi connectivity index (χ2v) is 16.3. The van der Waals surface area contributed by atoms with E-state index in [4.69, 9.17) is 19.4 Å². The number of nitrogens with zero attached hydrogens (tertiary/aromatic N) is 4. The topological polar surface area (TPSA) is 56.7 Å². The van der Waals surface area contributed by atoms with Crippen molar-refractivity contribution in [2.24, 2.45) is 0 Å². The summed E-state index contributed by atoms with van der Waals surface area (Å²) in [6.45, 7) is 0. The van der Waals surface area contributed by atoms with Crippen LogP contribution in [0.2, 0.25) is 0 Å². The quantitative estimate of drug-likeness (QED) is 0.157. The third-order valence-corrected chi connectivity index (χ3v) is 12.6. The predicted molar refractivity (Wildman–Crippen MR) is 264 cm³/mol. The Kier molecular flexibility index (Phi) is 8.15. The number of pyridine rings is 1. The number of para-hydroxylation sites is 4. The largest absolute Gasteiger partial charge is 0.456 e. The van der Waals surface area contributed by atoms with Crippen LogP contribution in [0.3, 0.4) is 0 Å². The summed E-state index contributed by atoms with van der Waals surface area (Å²) >= 11 is 0. The number of fused-ring (bicyclic) bond motifs is 9. The molecule has 0 amide bonds. The van der Waals surface area contributed by atoms with Crippen LogP contribution < -0.4 is 0 Å². The molecule has 4 aromatic heterocycles. The van der Waals surface area contributed by atoms with Crippen molar-refractivity contribution in [2.45, 2.75) is 0 Å². The summed E-state index contributed by atoms with van der Waals surface area (Å²) in [5, 5.41) is 7.98. The van der Waals surface area contributed by atoms with Crippen molar-refractivity contribution < 1.29 is 4.42 Å². The molecule has 0 radical (unpaired) electrons. The van der Waals surface area contributed by atoms with E-state index in [1.54, 1.807) is 0 Å². The van der Waals surface area contributed by atoms with E-state index in [0.717, 1.165) is 99.8 Å². The number of hydrogen-bond acceptors (Lipinski definition) is 4. The molecule has 0 aliphatic carbocycles. The highest BCUT2D eigenvalue weighted by Crippen LogP contribution is 2.46. The van der Waals surface area contributed by atoms with Gasteiger partial charge in [-0.2, -0.15) is 0 Å². The number of benzene rings is 9. The summed E-state index contributed by atoms with van der Waals surface area (Å²) in [5.74, 6) is 0.654. The van der Waals surface area contributed by atoms with Gasteiger partial charge in [-0.25, -0.2) is 15.0 Å². The van der Waals surface area contributed by atoms with Gasteiger partial charge in [-0.3, -0.25) is 0 Å². The third-order valence-electron chi connectivity index (χ3n) is 12.6. The van der Waals surface area contributed by atoms with Gasteiger partial charge in [0.15, 0.2) is 5.82 Å². The van der Waals surface area contributed by atoms with E-state index in [1.165, 1.54) is 21.8 Å². The van der Waals surface area contributed by atoms with Gasteiger partial charge in [0.2, 0.25) is 0 Å². The van der Waals surface area contributed by atoms with Crippen LogP contribution in [0, 0.1) is 0 Å². The van der Waals surface area contributed by atoms with Crippen molar-refractivity contribution in [3.63, 3.8) is 0 Å². The third kappa shape index (κ3) is 5.75. The van der Waals surface area contributed by atoms with Crippen LogP contribution in [0.1, 0.15) is 0 Å². The highest BCUT2D eigenvalue weighted by Gasteiger charge is 2.22. The smallest absolute Gasteiger partial charge is 0.160 e. The maximum Gasteiger partial charge on any atom is 0.160 e. The molecule has 298 valence electrons. The van der Waals surface area contributed by atoms with Gasteiger partial charge in [-0.05, 0) is 54.1 Å². The Balaban J connectivity index is 0.953. The summed E-state index contributed by atoms with van der Waals surface area (Å²) in [6, 6.07) is 76.5. The Morgan fingerprint density at radius 2 is 0.875 bits per heavy atom. The number of hydrogen-bond donors (Lipinski definition) is 0. The van der Waals surface area contributed by atoms with Gasteiger partial charge in [0.05, 0.1) is 33.6 Å². The van der Waals surface area contributed by atoms with Crippen LogP contribution in [-0.4, -0.2) is 19.5 Å². The van der Waals surface area contributed by atoms with Crippen LogP contribution >= 0.6 is 0 Å². The Hall–Kier alpha value is -8.67. The summed E-state index contributed by atoms with van der Waals surface area (Å²) in [7, 11) is 0. The second-order valence-electron chi connectivity index (χ2n) is 16.3. The van der Waals surface area contributed by atoms with Crippen molar-refractivity contribution in [3.05, 3.63) is 218 Å². The summed E-state index contributed by atoms with van der Waals surface area (Å²) in [6.07, 6.45) is 0. The Morgan fingerprint density at radius 3 is 1.56 bits per heavy atom. The zero-order chi connectivity index (χ0) is 42.1. The molecule has 0 spiro atoms. The lowest BCUT2D eigenvalue weighted by atomic mass is 9.89. The molecule has 5 heteroatoms. The van der Waals surface area contributed by atoms with E-state index in [-0.39, 0.29) is 0 Å². The molecule has 0 saturated heterocycles. The van der Waals surface area contributed by atoms with E-state index in [1.807, 2.05) is 18.2 Å². The van der Waals surface area contributed by atoms with E-state index < -0.39 is 0 Å². The Labute approximate surface area is 368 Å². The molecule has 0 N–H and O–H groups in total. The lowest BCUT2D eigenvalue weighted by Gasteiger charge is -2.16. The van der Waals surface area contributed by atoms with Crippen LogP contribution in [0.5, 0.6) is 0 Å². The van der Waals surface area contributed by atoms with Crippen molar-refractivity contribution in [1.82, 2.24) is 19.5 Å². The van der Waals surface area contributed by atoms with Gasteiger partial charge in [-0.1, -0.05) is 170 Å². The van der Waals surface area contributed by atoms with Crippen LogP contribution in [0.4, 0.5) is 0 Å². The standard InChI is InChI=1S/C59H36N4O/c1-3-15-37(16-4-1)49-36-50(38-31-33-42(34-32-38)63-51-24-12-8-19-43(51)44-20-9-13-25-52(44)63)62-59(61-49)41-29-27-40(28-30-41)58-47-35-54-57(46-22-10-14-26-53(46)64-54)55(39-17-5-2-6-18-39)56(47)45-21-7-11-23-48(45)60-58/h1-36H.